The standard InChI is InChI=1S/C16H15N/c1-5-7-8-9-10-14-11-15(6-2)16(13(3)4)17-12-14/h6,11-12H,2-3,8H2,1,4H3. The van der Waals surface area contributed by atoms with Crippen LogP contribution in [0.4, 0.5) is 0 Å². The number of rotatable bonds is 2. The van der Waals surface area contributed by atoms with Crippen LogP contribution in [0.25, 0.3) is 11.6 Å². The molecule has 1 heterocycles. The highest BCUT2D eigenvalue weighted by molar-refractivity contribution is 5.69. The van der Waals surface area contributed by atoms with E-state index in [2.05, 4.69) is 41.8 Å². The maximum Gasteiger partial charge on any atom is 0.0725 e. The Hall–Kier alpha value is -2.25. The molecular weight excluding hydrogens is 206 g/mol. The molecule has 1 aromatic rings. The van der Waals surface area contributed by atoms with Crippen LogP contribution in [0.5, 0.6) is 0 Å². The molecule has 1 nitrogen and oxygen atoms in total. The molecule has 84 valence electrons. The van der Waals surface area contributed by atoms with Gasteiger partial charge in [-0.2, -0.15) is 0 Å². The van der Waals surface area contributed by atoms with Crippen molar-refractivity contribution in [2.24, 2.45) is 0 Å². The highest BCUT2D eigenvalue weighted by Gasteiger charge is 2.02. The quantitative estimate of drug-likeness (QED) is 0.696. The molecule has 0 bridgehead atoms. The monoisotopic (exact) mass is 221 g/mol. The van der Waals surface area contributed by atoms with Gasteiger partial charge in [-0.3, -0.25) is 4.98 Å². The van der Waals surface area contributed by atoms with Gasteiger partial charge in [-0.25, -0.2) is 0 Å². The van der Waals surface area contributed by atoms with E-state index in [0.717, 1.165) is 22.4 Å². The summed E-state index contributed by atoms with van der Waals surface area (Å²) in [5, 5.41) is 0. The maximum absolute atomic E-state index is 4.34. The molecule has 1 rings (SSSR count). The summed E-state index contributed by atoms with van der Waals surface area (Å²) in [7, 11) is 0. The fourth-order valence-corrected chi connectivity index (χ4v) is 1.34. The zero-order valence-corrected chi connectivity index (χ0v) is 10.3. The summed E-state index contributed by atoms with van der Waals surface area (Å²) in [6, 6.07) is 1.97. The molecule has 0 spiro atoms. The van der Waals surface area contributed by atoms with Crippen molar-refractivity contribution in [1.82, 2.24) is 4.98 Å². The van der Waals surface area contributed by atoms with E-state index in [0.29, 0.717) is 6.42 Å². The predicted molar refractivity (Wildman–Crippen MR) is 74.0 cm³/mol. The molecule has 0 aromatic carbocycles. The second-order valence-electron chi connectivity index (χ2n) is 3.55. The lowest BCUT2D eigenvalue weighted by atomic mass is 10.1. The van der Waals surface area contributed by atoms with Crippen LogP contribution in [-0.2, 0) is 0 Å². The van der Waals surface area contributed by atoms with Crippen LogP contribution < -0.4 is 0 Å². The highest BCUT2D eigenvalue weighted by Crippen LogP contribution is 2.16. The average Bonchev–Trinajstić information content (AvgIpc) is 2.34. The molecule has 17 heavy (non-hydrogen) atoms. The lowest BCUT2D eigenvalue weighted by molar-refractivity contribution is 1.25. The van der Waals surface area contributed by atoms with Crippen molar-refractivity contribution < 1.29 is 0 Å². The Bertz CT molecular complexity index is 557. The van der Waals surface area contributed by atoms with E-state index >= 15 is 0 Å². The molecule has 0 atom stereocenters. The molecule has 0 aliphatic heterocycles. The van der Waals surface area contributed by atoms with Crippen LogP contribution in [0.15, 0.2) is 25.4 Å². The van der Waals surface area contributed by atoms with Gasteiger partial charge in [-0.1, -0.05) is 37.0 Å². The summed E-state index contributed by atoms with van der Waals surface area (Å²) in [5.74, 6) is 11.7. The molecule has 0 radical (unpaired) electrons. The smallest absolute Gasteiger partial charge is 0.0725 e. The van der Waals surface area contributed by atoms with E-state index in [1.165, 1.54) is 0 Å². The molecule has 0 fully saturated rings. The Morgan fingerprint density at radius 3 is 2.82 bits per heavy atom. The topological polar surface area (TPSA) is 12.9 Å². The van der Waals surface area contributed by atoms with Crippen molar-refractivity contribution in [3.8, 4) is 23.7 Å². The Labute approximate surface area is 103 Å². The van der Waals surface area contributed by atoms with E-state index in [1.54, 1.807) is 19.2 Å². The summed E-state index contributed by atoms with van der Waals surface area (Å²) in [6.45, 7) is 11.4. The Balaban J connectivity index is 3.03. The zero-order chi connectivity index (χ0) is 12.7. The van der Waals surface area contributed by atoms with Crippen molar-refractivity contribution in [3.05, 3.63) is 42.2 Å². The number of aromatic nitrogens is 1. The Morgan fingerprint density at radius 1 is 1.47 bits per heavy atom. The summed E-state index contributed by atoms with van der Waals surface area (Å²) in [5.41, 5.74) is 3.64. The third-order valence-corrected chi connectivity index (χ3v) is 2.13. The van der Waals surface area contributed by atoms with Gasteiger partial charge in [0.25, 0.3) is 0 Å². The molecule has 0 N–H and O–H groups in total. The van der Waals surface area contributed by atoms with Crippen LogP contribution in [0, 0.1) is 23.7 Å². The number of hydrogen-bond acceptors (Lipinski definition) is 1. The van der Waals surface area contributed by atoms with E-state index in [-0.39, 0.29) is 0 Å². The minimum Gasteiger partial charge on any atom is -0.255 e. The highest BCUT2D eigenvalue weighted by atomic mass is 14.7. The molecule has 0 aliphatic carbocycles. The van der Waals surface area contributed by atoms with Gasteiger partial charge in [-0.05, 0) is 25.5 Å². The SMILES string of the molecule is C=Cc1cc(C#CCC#CC)cnc1C(=C)C. The number of pyridine rings is 1. The van der Waals surface area contributed by atoms with Gasteiger partial charge < -0.3 is 0 Å². The molecule has 0 amide bonds. The maximum atomic E-state index is 4.34. The fraction of sp³-hybridized carbons (Fsp3) is 0.188. The second-order valence-corrected chi connectivity index (χ2v) is 3.55. The minimum atomic E-state index is 0.585. The first kappa shape index (κ1) is 12.8. The van der Waals surface area contributed by atoms with E-state index in [9.17, 15) is 0 Å². The van der Waals surface area contributed by atoms with Crippen LogP contribution in [-0.4, -0.2) is 4.98 Å². The Kier molecular flexibility index (Phi) is 4.79. The van der Waals surface area contributed by atoms with Crippen molar-refractivity contribution in [2.75, 3.05) is 0 Å². The summed E-state index contributed by atoms with van der Waals surface area (Å²) >= 11 is 0. The van der Waals surface area contributed by atoms with Gasteiger partial charge in [0.2, 0.25) is 0 Å². The molecule has 0 aliphatic rings. The number of allylic oxidation sites excluding steroid dienone is 1. The van der Waals surface area contributed by atoms with Gasteiger partial charge in [-0.15, -0.1) is 5.92 Å². The molecule has 0 saturated heterocycles. The van der Waals surface area contributed by atoms with E-state index < -0.39 is 0 Å². The lowest BCUT2D eigenvalue weighted by Crippen LogP contribution is -1.91. The first-order chi connectivity index (χ1) is 8.19. The van der Waals surface area contributed by atoms with E-state index in [1.807, 2.05) is 13.0 Å². The van der Waals surface area contributed by atoms with Crippen molar-refractivity contribution in [3.63, 3.8) is 0 Å². The zero-order valence-electron chi connectivity index (χ0n) is 10.3. The first-order valence-corrected chi connectivity index (χ1v) is 5.36. The van der Waals surface area contributed by atoms with Crippen LogP contribution in [0.1, 0.15) is 37.1 Å². The van der Waals surface area contributed by atoms with Crippen molar-refractivity contribution >= 4 is 11.6 Å². The minimum absolute atomic E-state index is 0.585. The Morgan fingerprint density at radius 2 is 2.24 bits per heavy atom. The van der Waals surface area contributed by atoms with Gasteiger partial charge in [0.05, 0.1) is 12.1 Å². The first-order valence-electron chi connectivity index (χ1n) is 5.36. The molecular formula is C16H15N. The third kappa shape index (κ3) is 3.67. The average molecular weight is 221 g/mol. The molecule has 0 unspecified atom stereocenters. The van der Waals surface area contributed by atoms with Crippen LogP contribution in [0.2, 0.25) is 0 Å². The summed E-state index contributed by atoms with van der Waals surface area (Å²) < 4.78 is 0. The van der Waals surface area contributed by atoms with Crippen LogP contribution >= 0.6 is 0 Å². The lowest BCUT2D eigenvalue weighted by Gasteiger charge is -2.04. The normalized spacial score (nSPS) is 8.35. The summed E-state index contributed by atoms with van der Waals surface area (Å²) in [6.07, 6.45) is 4.11. The number of nitrogens with zero attached hydrogens (tertiary/aromatic N) is 1. The molecule has 0 saturated carbocycles. The fourth-order valence-electron chi connectivity index (χ4n) is 1.34. The predicted octanol–water partition coefficient (Wildman–Crippen LogP) is 3.52. The third-order valence-electron chi connectivity index (χ3n) is 2.13. The van der Waals surface area contributed by atoms with Gasteiger partial charge in [0.1, 0.15) is 0 Å². The van der Waals surface area contributed by atoms with Gasteiger partial charge >= 0.3 is 0 Å². The second kappa shape index (κ2) is 6.36. The van der Waals surface area contributed by atoms with Crippen molar-refractivity contribution in [2.45, 2.75) is 20.3 Å². The van der Waals surface area contributed by atoms with Crippen molar-refractivity contribution in [1.29, 1.82) is 0 Å². The largest absolute Gasteiger partial charge is 0.255 e. The number of hydrogen-bond donors (Lipinski definition) is 0. The van der Waals surface area contributed by atoms with E-state index in [4.69, 9.17) is 0 Å². The van der Waals surface area contributed by atoms with Gasteiger partial charge in [0.15, 0.2) is 0 Å². The summed E-state index contributed by atoms with van der Waals surface area (Å²) in [4.78, 5) is 4.34. The molecule has 1 heteroatoms. The van der Waals surface area contributed by atoms with Gasteiger partial charge in [0, 0.05) is 17.3 Å². The molecule has 1 aromatic heterocycles. The van der Waals surface area contributed by atoms with Crippen LogP contribution in [0.3, 0.4) is 0 Å².